The van der Waals surface area contributed by atoms with Gasteiger partial charge in [-0.3, -0.25) is 14.3 Å². The SMILES string of the molecule is Cn1nc(CCC(=O)N2CCCC2)c2c1CCN(C(=O)C1CCOCC1)C2. The molecule has 3 aliphatic heterocycles. The van der Waals surface area contributed by atoms with Gasteiger partial charge in [0.15, 0.2) is 0 Å². The van der Waals surface area contributed by atoms with Crippen molar-refractivity contribution in [3.05, 3.63) is 17.0 Å². The number of hydrogen-bond donors (Lipinski definition) is 0. The van der Waals surface area contributed by atoms with Crippen LogP contribution in [0.2, 0.25) is 0 Å². The van der Waals surface area contributed by atoms with E-state index in [1.807, 2.05) is 21.5 Å². The molecule has 7 nitrogen and oxygen atoms in total. The molecule has 0 unspecified atom stereocenters. The van der Waals surface area contributed by atoms with Crippen LogP contribution in [0.4, 0.5) is 0 Å². The monoisotopic (exact) mass is 374 g/mol. The molecule has 3 aliphatic rings. The molecule has 4 rings (SSSR count). The number of ether oxygens (including phenoxy) is 1. The van der Waals surface area contributed by atoms with Crippen molar-refractivity contribution in [2.75, 3.05) is 32.8 Å². The Kier molecular flexibility index (Phi) is 5.48. The first-order valence-electron chi connectivity index (χ1n) is 10.3. The number of carbonyl (C=O) groups is 2. The average Bonchev–Trinajstić information content (AvgIpc) is 3.35. The van der Waals surface area contributed by atoms with E-state index in [-0.39, 0.29) is 17.7 Å². The van der Waals surface area contributed by atoms with Crippen LogP contribution in [0.5, 0.6) is 0 Å². The lowest BCUT2D eigenvalue weighted by Crippen LogP contribution is -2.41. The molecule has 0 spiro atoms. The third kappa shape index (κ3) is 3.88. The zero-order chi connectivity index (χ0) is 18.8. The minimum atomic E-state index is 0.0946. The second kappa shape index (κ2) is 8.00. The summed E-state index contributed by atoms with van der Waals surface area (Å²) in [6, 6.07) is 0. The quantitative estimate of drug-likeness (QED) is 0.796. The summed E-state index contributed by atoms with van der Waals surface area (Å²) in [7, 11) is 1.97. The largest absolute Gasteiger partial charge is 0.381 e. The van der Waals surface area contributed by atoms with Gasteiger partial charge < -0.3 is 14.5 Å². The molecule has 0 aromatic carbocycles. The maximum Gasteiger partial charge on any atom is 0.226 e. The van der Waals surface area contributed by atoms with Gasteiger partial charge in [-0.15, -0.1) is 0 Å². The second-order valence-electron chi connectivity index (χ2n) is 7.98. The van der Waals surface area contributed by atoms with Crippen LogP contribution in [0.25, 0.3) is 0 Å². The molecular formula is C20H30N4O3. The van der Waals surface area contributed by atoms with Gasteiger partial charge in [-0.1, -0.05) is 0 Å². The summed E-state index contributed by atoms with van der Waals surface area (Å²) in [4.78, 5) is 29.3. The van der Waals surface area contributed by atoms with E-state index < -0.39 is 0 Å². The number of hydrogen-bond acceptors (Lipinski definition) is 4. The van der Waals surface area contributed by atoms with Crippen LogP contribution >= 0.6 is 0 Å². The fourth-order valence-corrected chi connectivity index (χ4v) is 4.61. The molecule has 1 aromatic rings. The molecule has 0 bridgehead atoms. The van der Waals surface area contributed by atoms with E-state index in [1.54, 1.807) is 0 Å². The van der Waals surface area contributed by atoms with Crippen LogP contribution in [0.1, 0.15) is 49.1 Å². The number of likely N-dealkylation sites (tertiary alicyclic amines) is 1. The topological polar surface area (TPSA) is 67.7 Å². The number of rotatable bonds is 4. The van der Waals surface area contributed by atoms with Crippen molar-refractivity contribution in [2.24, 2.45) is 13.0 Å². The summed E-state index contributed by atoms with van der Waals surface area (Å²) in [5.74, 6) is 0.585. The van der Waals surface area contributed by atoms with E-state index in [2.05, 4.69) is 5.10 Å². The molecular weight excluding hydrogens is 344 g/mol. The molecule has 0 aliphatic carbocycles. The lowest BCUT2D eigenvalue weighted by molar-refractivity contribution is -0.139. The van der Waals surface area contributed by atoms with E-state index in [9.17, 15) is 9.59 Å². The van der Waals surface area contributed by atoms with Gasteiger partial charge in [0.05, 0.1) is 5.69 Å². The summed E-state index contributed by atoms with van der Waals surface area (Å²) in [5, 5.41) is 4.69. The molecule has 4 heterocycles. The highest BCUT2D eigenvalue weighted by molar-refractivity contribution is 5.79. The van der Waals surface area contributed by atoms with Crippen LogP contribution in [0, 0.1) is 5.92 Å². The number of carbonyl (C=O) groups excluding carboxylic acids is 2. The summed E-state index contributed by atoms with van der Waals surface area (Å²) >= 11 is 0. The molecule has 148 valence electrons. The van der Waals surface area contributed by atoms with Crippen LogP contribution in [0.15, 0.2) is 0 Å². The summed E-state index contributed by atoms with van der Waals surface area (Å²) < 4.78 is 7.34. The van der Waals surface area contributed by atoms with Gasteiger partial charge in [-0.25, -0.2) is 0 Å². The van der Waals surface area contributed by atoms with E-state index in [4.69, 9.17) is 4.74 Å². The van der Waals surface area contributed by atoms with Gasteiger partial charge in [-0.05, 0) is 25.7 Å². The van der Waals surface area contributed by atoms with E-state index in [1.165, 1.54) is 11.3 Å². The standard InChI is InChI=1S/C20H30N4O3/c1-22-18-6-11-24(20(26)15-7-12-27-13-8-15)14-16(18)17(21-22)4-5-19(25)23-9-2-3-10-23/h15H,2-14H2,1H3. The predicted molar refractivity (Wildman–Crippen MR) is 100 cm³/mol. The van der Waals surface area contributed by atoms with Crippen molar-refractivity contribution in [1.82, 2.24) is 19.6 Å². The molecule has 0 N–H and O–H groups in total. The third-order valence-electron chi connectivity index (χ3n) is 6.24. The number of amides is 2. The molecule has 27 heavy (non-hydrogen) atoms. The van der Waals surface area contributed by atoms with Crippen LogP contribution < -0.4 is 0 Å². The Morgan fingerprint density at radius 1 is 1.11 bits per heavy atom. The molecule has 7 heteroatoms. The van der Waals surface area contributed by atoms with Gasteiger partial charge in [-0.2, -0.15) is 5.10 Å². The molecule has 2 fully saturated rings. The Morgan fingerprint density at radius 3 is 2.59 bits per heavy atom. The Hall–Kier alpha value is -1.89. The number of aromatic nitrogens is 2. The predicted octanol–water partition coefficient (Wildman–Crippen LogP) is 1.29. The third-order valence-corrected chi connectivity index (χ3v) is 6.24. The maximum atomic E-state index is 12.9. The van der Waals surface area contributed by atoms with Crippen LogP contribution in [-0.4, -0.2) is 64.2 Å². The molecule has 0 saturated carbocycles. The number of fused-ring (bicyclic) bond motifs is 1. The lowest BCUT2D eigenvalue weighted by atomic mass is 9.96. The molecule has 2 amide bonds. The van der Waals surface area contributed by atoms with Gasteiger partial charge in [0.2, 0.25) is 11.8 Å². The summed E-state index contributed by atoms with van der Waals surface area (Å²) in [6.07, 6.45) is 5.91. The van der Waals surface area contributed by atoms with Gasteiger partial charge in [0.1, 0.15) is 0 Å². The lowest BCUT2D eigenvalue weighted by Gasteiger charge is -2.32. The first-order valence-corrected chi connectivity index (χ1v) is 10.3. The number of nitrogens with zero attached hydrogens (tertiary/aromatic N) is 4. The second-order valence-corrected chi connectivity index (χ2v) is 7.98. The van der Waals surface area contributed by atoms with Crippen molar-refractivity contribution in [3.8, 4) is 0 Å². The Balaban J connectivity index is 1.42. The molecule has 2 saturated heterocycles. The molecule has 0 radical (unpaired) electrons. The highest BCUT2D eigenvalue weighted by atomic mass is 16.5. The summed E-state index contributed by atoms with van der Waals surface area (Å²) in [5.41, 5.74) is 3.37. The first-order chi connectivity index (χ1) is 13.1. The van der Waals surface area contributed by atoms with Crippen molar-refractivity contribution >= 4 is 11.8 Å². The van der Waals surface area contributed by atoms with Crippen molar-refractivity contribution in [1.29, 1.82) is 0 Å². The van der Waals surface area contributed by atoms with E-state index in [0.29, 0.717) is 32.6 Å². The van der Waals surface area contributed by atoms with Crippen molar-refractivity contribution < 1.29 is 14.3 Å². The van der Waals surface area contributed by atoms with Crippen LogP contribution in [-0.2, 0) is 40.8 Å². The minimum Gasteiger partial charge on any atom is -0.381 e. The molecule has 0 atom stereocenters. The van der Waals surface area contributed by atoms with Crippen LogP contribution in [0.3, 0.4) is 0 Å². The van der Waals surface area contributed by atoms with Crippen molar-refractivity contribution in [2.45, 2.75) is 51.5 Å². The van der Waals surface area contributed by atoms with Gasteiger partial charge in [0, 0.05) is 82.9 Å². The fraction of sp³-hybridized carbons (Fsp3) is 0.750. The smallest absolute Gasteiger partial charge is 0.226 e. The van der Waals surface area contributed by atoms with E-state index in [0.717, 1.165) is 57.4 Å². The minimum absolute atomic E-state index is 0.0946. The fourth-order valence-electron chi connectivity index (χ4n) is 4.61. The molecule has 1 aromatic heterocycles. The maximum absolute atomic E-state index is 12.9. The van der Waals surface area contributed by atoms with Gasteiger partial charge in [0.25, 0.3) is 0 Å². The Labute approximate surface area is 160 Å². The zero-order valence-electron chi connectivity index (χ0n) is 16.3. The number of aryl methyl sites for hydroxylation is 2. The van der Waals surface area contributed by atoms with Gasteiger partial charge >= 0.3 is 0 Å². The first kappa shape index (κ1) is 18.5. The highest BCUT2D eigenvalue weighted by Crippen LogP contribution is 2.26. The van der Waals surface area contributed by atoms with Crippen molar-refractivity contribution in [3.63, 3.8) is 0 Å². The Bertz CT molecular complexity index is 702. The summed E-state index contributed by atoms with van der Waals surface area (Å²) in [6.45, 7) is 4.55. The Morgan fingerprint density at radius 2 is 1.85 bits per heavy atom. The zero-order valence-corrected chi connectivity index (χ0v) is 16.3. The average molecular weight is 374 g/mol. The normalized spacial score (nSPS) is 20.8. The van der Waals surface area contributed by atoms with E-state index >= 15 is 0 Å². The highest BCUT2D eigenvalue weighted by Gasteiger charge is 2.31.